The minimum atomic E-state index is -0.487. The summed E-state index contributed by atoms with van der Waals surface area (Å²) in [7, 11) is 0. The summed E-state index contributed by atoms with van der Waals surface area (Å²) in [4.78, 5) is 28.2. The van der Waals surface area contributed by atoms with Gasteiger partial charge in [-0.2, -0.15) is 0 Å². The van der Waals surface area contributed by atoms with E-state index in [0.29, 0.717) is 19.4 Å². The van der Waals surface area contributed by atoms with Crippen LogP contribution in [0.3, 0.4) is 0 Å². The summed E-state index contributed by atoms with van der Waals surface area (Å²) in [6.07, 6.45) is 1.73. The number of hydrogen-bond donors (Lipinski definition) is 1. The van der Waals surface area contributed by atoms with Crippen molar-refractivity contribution in [2.24, 2.45) is 0 Å². The highest BCUT2D eigenvalue weighted by atomic mass is 16.2. The smallest absolute Gasteiger partial charge is 0.243 e. The zero-order chi connectivity index (χ0) is 22.3. The Hall–Kier alpha value is -2.62. The normalized spacial score (nSPS) is 12.9. The van der Waals surface area contributed by atoms with Gasteiger partial charge in [-0.1, -0.05) is 73.0 Å². The second-order valence-corrected chi connectivity index (χ2v) is 8.42. The van der Waals surface area contributed by atoms with Crippen LogP contribution in [0.15, 0.2) is 42.5 Å². The molecule has 0 saturated heterocycles. The van der Waals surface area contributed by atoms with E-state index in [0.717, 1.165) is 28.7 Å². The van der Waals surface area contributed by atoms with Crippen LogP contribution in [-0.2, 0) is 22.6 Å². The highest BCUT2D eigenvalue weighted by molar-refractivity contribution is 5.88. The molecule has 162 valence electrons. The average molecular weight is 409 g/mol. The molecule has 0 fully saturated rings. The van der Waals surface area contributed by atoms with Gasteiger partial charge in [0.1, 0.15) is 6.04 Å². The van der Waals surface area contributed by atoms with Gasteiger partial charge in [0, 0.05) is 12.6 Å². The predicted molar refractivity (Wildman–Crippen MR) is 123 cm³/mol. The van der Waals surface area contributed by atoms with Crippen LogP contribution in [0.1, 0.15) is 61.4 Å². The van der Waals surface area contributed by atoms with Crippen molar-refractivity contribution in [2.75, 3.05) is 0 Å². The highest BCUT2D eigenvalue weighted by Crippen LogP contribution is 2.17. The molecule has 2 atom stereocenters. The minimum absolute atomic E-state index is 0.0215. The van der Waals surface area contributed by atoms with Crippen LogP contribution in [0, 0.1) is 20.8 Å². The lowest BCUT2D eigenvalue weighted by Gasteiger charge is -2.31. The molecule has 0 heterocycles. The van der Waals surface area contributed by atoms with E-state index in [2.05, 4.69) is 23.5 Å². The van der Waals surface area contributed by atoms with Gasteiger partial charge in [0.25, 0.3) is 0 Å². The number of carbonyl (C=O) groups excluding carboxylic acids is 2. The monoisotopic (exact) mass is 408 g/mol. The Balaban J connectivity index is 2.31. The van der Waals surface area contributed by atoms with E-state index in [1.807, 2.05) is 65.8 Å². The first-order valence-corrected chi connectivity index (χ1v) is 11.0. The number of amides is 2. The molecular formula is C26H36N2O2. The molecule has 1 N–H and O–H groups in total. The third-order valence-corrected chi connectivity index (χ3v) is 5.50. The standard InChI is InChI=1S/C26H36N2O2/c1-7-21(6)27-26(30)24(8-2)28(17-22-11-9-18(3)10-12-22)25(29)16-23-14-19(4)13-20(5)15-23/h9-15,21,24H,7-8,16-17H2,1-6H3,(H,27,30)/t21-,24-/m1/s1. The quantitative estimate of drug-likeness (QED) is 0.643. The van der Waals surface area contributed by atoms with E-state index in [1.165, 1.54) is 5.56 Å². The predicted octanol–water partition coefficient (Wildman–Crippen LogP) is 4.88. The topological polar surface area (TPSA) is 49.4 Å². The van der Waals surface area contributed by atoms with Crippen molar-refractivity contribution in [3.05, 3.63) is 70.3 Å². The number of aryl methyl sites for hydroxylation is 3. The molecular weight excluding hydrogens is 372 g/mol. The summed E-state index contributed by atoms with van der Waals surface area (Å²) >= 11 is 0. The van der Waals surface area contributed by atoms with Gasteiger partial charge in [-0.3, -0.25) is 9.59 Å². The van der Waals surface area contributed by atoms with Gasteiger partial charge in [0.15, 0.2) is 0 Å². The minimum Gasteiger partial charge on any atom is -0.352 e. The summed E-state index contributed by atoms with van der Waals surface area (Å²) in [5.74, 6) is -0.0977. The fourth-order valence-corrected chi connectivity index (χ4v) is 3.70. The number of carbonyl (C=O) groups is 2. The molecule has 0 aromatic heterocycles. The number of benzene rings is 2. The molecule has 30 heavy (non-hydrogen) atoms. The molecule has 4 nitrogen and oxygen atoms in total. The van der Waals surface area contributed by atoms with E-state index in [4.69, 9.17) is 0 Å². The molecule has 0 bridgehead atoms. The third-order valence-electron chi connectivity index (χ3n) is 5.50. The molecule has 2 aromatic carbocycles. The molecule has 0 radical (unpaired) electrons. The largest absolute Gasteiger partial charge is 0.352 e. The Morgan fingerprint density at radius 1 is 0.867 bits per heavy atom. The van der Waals surface area contributed by atoms with Gasteiger partial charge in [-0.15, -0.1) is 0 Å². The summed E-state index contributed by atoms with van der Waals surface area (Å²) in [5.41, 5.74) is 5.48. The number of nitrogens with one attached hydrogen (secondary N) is 1. The second kappa shape index (κ2) is 11.0. The van der Waals surface area contributed by atoms with E-state index in [9.17, 15) is 9.59 Å². The molecule has 0 aliphatic rings. The zero-order valence-electron chi connectivity index (χ0n) is 19.3. The summed E-state index contributed by atoms with van der Waals surface area (Å²) in [6.45, 7) is 12.6. The molecule has 0 aliphatic carbocycles. The van der Waals surface area contributed by atoms with Gasteiger partial charge in [-0.25, -0.2) is 0 Å². The van der Waals surface area contributed by atoms with Crippen LogP contribution >= 0.6 is 0 Å². The Morgan fingerprint density at radius 2 is 1.47 bits per heavy atom. The Bertz CT molecular complexity index is 838. The van der Waals surface area contributed by atoms with Crippen LogP contribution in [0.25, 0.3) is 0 Å². The van der Waals surface area contributed by atoms with Crippen LogP contribution in [0.5, 0.6) is 0 Å². The maximum Gasteiger partial charge on any atom is 0.243 e. The van der Waals surface area contributed by atoms with Crippen molar-refractivity contribution >= 4 is 11.8 Å². The lowest BCUT2D eigenvalue weighted by molar-refractivity contribution is -0.141. The maximum atomic E-state index is 13.4. The van der Waals surface area contributed by atoms with E-state index in [-0.39, 0.29) is 17.9 Å². The first-order valence-electron chi connectivity index (χ1n) is 11.0. The molecule has 2 amide bonds. The van der Waals surface area contributed by atoms with Crippen molar-refractivity contribution in [1.82, 2.24) is 10.2 Å². The van der Waals surface area contributed by atoms with Gasteiger partial charge in [-0.05, 0) is 51.7 Å². The fraction of sp³-hybridized carbons (Fsp3) is 0.462. The molecule has 0 spiro atoms. The number of rotatable bonds is 9. The van der Waals surface area contributed by atoms with Crippen molar-refractivity contribution < 1.29 is 9.59 Å². The lowest BCUT2D eigenvalue weighted by atomic mass is 10.0. The Labute approximate surface area is 181 Å². The SMILES string of the molecule is CC[C@@H](C)NC(=O)[C@@H](CC)N(Cc1ccc(C)cc1)C(=O)Cc1cc(C)cc(C)c1. The van der Waals surface area contributed by atoms with Crippen molar-refractivity contribution in [3.63, 3.8) is 0 Å². The van der Waals surface area contributed by atoms with E-state index >= 15 is 0 Å². The first-order chi connectivity index (χ1) is 14.2. The molecule has 2 rings (SSSR count). The number of nitrogens with zero attached hydrogens (tertiary/aromatic N) is 1. The van der Waals surface area contributed by atoms with Gasteiger partial charge >= 0.3 is 0 Å². The van der Waals surface area contributed by atoms with Gasteiger partial charge < -0.3 is 10.2 Å². The molecule has 0 aliphatic heterocycles. The summed E-state index contributed by atoms with van der Waals surface area (Å²) < 4.78 is 0. The van der Waals surface area contributed by atoms with Gasteiger partial charge in [0.05, 0.1) is 6.42 Å². The molecule has 4 heteroatoms. The molecule has 0 unspecified atom stereocenters. The maximum absolute atomic E-state index is 13.4. The van der Waals surface area contributed by atoms with Gasteiger partial charge in [0.2, 0.25) is 11.8 Å². The van der Waals surface area contributed by atoms with Crippen LogP contribution < -0.4 is 5.32 Å². The Kier molecular flexibility index (Phi) is 8.64. The van der Waals surface area contributed by atoms with Crippen LogP contribution in [0.2, 0.25) is 0 Å². The van der Waals surface area contributed by atoms with Crippen LogP contribution in [-0.4, -0.2) is 28.8 Å². The van der Waals surface area contributed by atoms with Crippen molar-refractivity contribution in [2.45, 2.75) is 79.4 Å². The fourth-order valence-electron chi connectivity index (χ4n) is 3.70. The summed E-state index contributed by atoms with van der Waals surface area (Å²) in [6, 6.07) is 14.0. The molecule has 0 saturated carbocycles. The van der Waals surface area contributed by atoms with E-state index < -0.39 is 6.04 Å². The third kappa shape index (κ3) is 6.72. The van der Waals surface area contributed by atoms with Crippen molar-refractivity contribution in [3.8, 4) is 0 Å². The van der Waals surface area contributed by atoms with E-state index in [1.54, 1.807) is 4.90 Å². The Morgan fingerprint density at radius 3 is 2.00 bits per heavy atom. The lowest BCUT2D eigenvalue weighted by Crippen LogP contribution is -2.51. The average Bonchev–Trinajstić information content (AvgIpc) is 2.68. The highest BCUT2D eigenvalue weighted by Gasteiger charge is 2.29. The molecule has 2 aromatic rings. The second-order valence-electron chi connectivity index (χ2n) is 8.42. The number of hydrogen-bond acceptors (Lipinski definition) is 2. The summed E-state index contributed by atoms with van der Waals surface area (Å²) in [5, 5.41) is 3.06. The van der Waals surface area contributed by atoms with Crippen LogP contribution in [0.4, 0.5) is 0 Å². The van der Waals surface area contributed by atoms with Crippen molar-refractivity contribution in [1.29, 1.82) is 0 Å². The zero-order valence-corrected chi connectivity index (χ0v) is 19.3. The first kappa shape index (κ1) is 23.7.